The van der Waals surface area contributed by atoms with Crippen molar-refractivity contribution in [3.8, 4) is 0 Å². The Morgan fingerprint density at radius 3 is 2.43 bits per heavy atom. The largest absolute Gasteiger partial charge is 0.369 e. The van der Waals surface area contributed by atoms with Crippen LogP contribution in [0.5, 0.6) is 0 Å². The summed E-state index contributed by atoms with van der Waals surface area (Å²) in [5.74, 6) is -0.654. The summed E-state index contributed by atoms with van der Waals surface area (Å²) in [4.78, 5) is 11.0. The van der Waals surface area contributed by atoms with Crippen LogP contribution in [0, 0.1) is 6.92 Å². The van der Waals surface area contributed by atoms with Gasteiger partial charge in [0.2, 0.25) is 15.9 Å². The lowest BCUT2D eigenvalue weighted by Gasteiger charge is -2.18. The van der Waals surface area contributed by atoms with Gasteiger partial charge in [0.25, 0.3) is 0 Å². The first-order valence-electron chi connectivity index (χ1n) is 6.88. The molecule has 0 unspecified atom stereocenters. The topological polar surface area (TPSA) is 80.5 Å². The second-order valence-corrected chi connectivity index (χ2v) is 6.73. The number of unbranched alkanes of at least 4 members (excludes halogenated alkanes) is 1. The molecule has 0 aliphatic rings. The van der Waals surface area contributed by atoms with E-state index in [9.17, 15) is 13.2 Å². The molecule has 0 bridgehead atoms. The quantitative estimate of drug-likeness (QED) is 0.796. The number of hydrogen-bond acceptors (Lipinski definition) is 3. The van der Waals surface area contributed by atoms with Crippen molar-refractivity contribution in [2.75, 3.05) is 13.1 Å². The molecule has 5 nitrogen and oxygen atoms in total. The molecule has 0 spiro atoms. The molecule has 0 radical (unpaired) electrons. The van der Waals surface area contributed by atoms with Gasteiger partial charge in [-0.3, -0.25) is 4.79 Å². The van der Waals surface area contributed by atoms with Gasteiger partial charge in [-0.2, -0.15) is 4.31 Å². The Hall–Kier alpha value is -1.66. The zero-order valence-electron chi connectivity index (χ0n) is 12.5. The highest BCUT2D eigenvalue weighted by molar-refractivity contribution is 7.92. The molecule has 0 aliphatic heterocycles. The average molecular weight is 310 g/mol. The highest BCUT2D eigenvalue weighted by atomic mass is 32.2. The highest BCUT2D eigenvalue weighted by Crippen LogP contribution is 2.10. The Labute approximate surface area is 126 Å². The fourth-order valence-corrected chi connectivity index (χ4v) is 2.92. The lowest BCUT2D eigenvalue weighted by Crippen LogP contribution is -2.38. The van der Waals surface area contributed by atoms with Crippen LogP contribution in [-0.2, 0) is 14.8 Å². The van der Waals surface area contributed by atoms with E-state index in [0.29, 0.717) is 13.0 Å². The molecule has 0 aliphatic carbocycles. The second kappa shape index (κ2) is 7.95. The van der Waals surface area contributed by atoms with Crippen LogP contribution < -0.4 is 5.73 Å². The third kappa shape index (κ3) is 6.10. The predicted molar refractivity (Wildman–Crippen MR) is 84.8 cm³/mol. The minimum absolute atomic E-state index is 0.291. The molecule has 0 heterocycles. The van der Waals surface area contributed by atoms with Crippen molar-refractivity contribution in [1.82, 2.24) is 4.31 Å². The first kappa shape index (κ1) is 17.4. The number of hydrogen-bond donors (Lipinski definition) is 1. The fraction of sp³-hybridized carbons (Fsp3) is 0.400. The Bertz CT molecular complexity index is 592. The molecule has 6 heteroatoms. The molecular formula is C15H22N2O3S. The molecule has 0 saturated carbocycles. The van der Waals surface area contributed by atoms with E-state index in [4.69, 9.17) is 5.73 Å². The maximum Gasteiger partial charge on any atom is 0.236 e. The normalized spacial score (nSPS) is 12.1. The first-order valence-corrected chi connectivity index (χ1v) is 8.38. The molecule has 0 atom stereocenters. The van der Waals surface area contributed by atoms with Gasteiger partial charge in [0.1, 0.15) is 0 Å². The van der Waals surface area contributed by atoms with Gasteiger partial charge >= 0.3 is 0 Å². The molecule has 1 amide bonds. The number of benzene rings is 1. The van der Waals surface area contributed by atoms with Crippen LogP contribution in [0.4, 0.5) is 0 Å². The van der Waals surface area contributed by atoms with Crippen molar-refractivity contribution in [1.29, 1.82) is 0 Å². The molecule has 2 N–H and O–H groups in total. The summed E-state index contributed by atoms with van der Waals surface area (Å²) in [6.07, 6.45) is 3.05. The fourth-order valence-electron chi connectivity index (χ4n) is 1.73. The molecule has 21 heavy (non-hydrogen) atoms. The zero-order chi connectivity index (χ0) is 15.9. The highest BCUT2D eigenvalue weighted by Gasteiger charge is 2.20. The van der Waals surface area contributed by atoms with E-state index < -0.39 is 15.9 Å². The van der Waals surface area contributed by atoms with Crippen molar-refractivity contribution in [3.63, 3.8) is 0 Å². The molecule has 0 saturated heterocycles. The number of rotatable bonds is 8. The maximum atomic E-state index is 12.2. The van der Waals surface area contributed by atoms with Gasteiger partial charge in [0.15, 0.2) is 0 Å². The lowest BCUT2D eigenvalue weighted by molar-refractivity contribution is -0.118. The number of nitrogens with two attached hydrogens (primary N) is 1. The summed E-state index contributed by atoms with van der Waals surface area (Å²) in [7, 11) is -3.65. The summed E-state index contributed by atoms with van der Waals surface area (Å²) < 4.78 is 25.6. The summed E-state index contributed by atoms with van der Waals surface area (Å²) in [6, 6.07) is 7.49. The third-order valence-corrected chi connectivity index (χ3v) is 4.47. The number of aryl methyl sites for hydroxylation is 1. The number of nitrogens with zero attached hydrogens (tertiary/aromatic N) is 1. The molecule has 1 rings (SSSR count). The monoisotopic (exact) mass is 310 g/mol. The number of carbonyl (C=O) groups is 1. The van der Waals surface area contributed by atoms with Crippen LogP contribution >= 0.6 is 0 Å². The van der Waals surface area contributed by atoms with Crippen molar-refractivity contribution in [3.05, 3.63) is 40.8 Å². The van der Waals surface area contributed by atoms with Crippen LogP contribution in [0.15, 0.2) is 29.7 Å². The van der Waals surface area contributed by atoms with Crippen LogP contribution in [0.25, 0.3) is 6.08 Å². The molecular weight excluding hydrogens is 288 g/mol. The van der Waals surface area contributed by atoms with E-state index in [1.807, 2.05) is 38.1 Å². The number of amides is 1. The summed E-state index contributed by atoms with van der Waals surface area (Å²) in [5, 5.41) is 1.12. The van der Waals surface area contributed by atoms with E-state index in [2.05, 4.69) is 0 Å². The minimum Gasteiger partial charge on any atom is -0.369 e. The summed E-state index contributed by atoms with van der Waals surface area (Å²) in [6.45, 7) is 3.92. The van der Waals surface area contributed by atoms with Crippen LogP contribution in [0.2, 0.25) is 0 Å². The van der Waals surface area contributed by atoms with Crippen molar-refractivity contribution >= 4 is 22.0 Å². The second-order valence-electron chi connectivity index (χ2n) is 4.91. The van der Waals surface area contributed by atoms with Crippen molar-refractivity contribution in [2.45, 2.75) is 26.7 Å². The van der Waals surface area contributed by atoms with Gasteiger partial charge in [0, 0.05) is 12.0 Å². The smallest absolute Gasteiger partial charge is 0.236 e. The van der Waals surface area contributed by atoms with E-state index in [0.717, 1.165) is 27.3 Å². The summed E-state index contributed by atoms with van der Waals surface area (Å²) in [5.41, 5.74) is 7.01. The van der Waals surface area contributed by atoms with E-state index in [-0.39, 0.29) is 6.54 Å². The summed E-state index contributed by atoms with van der Waals surface area (Å²) >= 11 is 0. The average Bonchev–Trinajstić information content (AvgIpc) is 2.42. The van der Waals surface area contributed by atoms with Crippen LogP contribution in [0.1, 0.15) is 30.9 Å². The Balaban J connectivity index is 2.88. The van der Waals surface area contributed by atoms with Gasteiger partial charge in [0.05, 0.1) is 6.54 Å². The van der Waals surface area contributed by atoms with Gasteiger partial charge < -0.3 is 5.73 Å². The molecule has 116 valence electrons. The maximum absolute atomic E-state index is 12.2. The molecule has 0 aromatic heterocycles. The van der Waals surface area contributed by atoms with Gasteiger partial charge in [-0.05, 0) is 25.0 Å². The van der Waals surface area contributed by atoms with Crippen LogP contribution in [0.3, 0.4) is 0 Å². The van der Waals surface area contributed by atoms with E-state index in [1.165, 1.54) is 6.08 Å². The predicted octanol–water partition coefficient (Wildman–Crippen LogP) is 1.88. The van der Waals surface area contributed by atoms with Gasteiger partial charge in [-0.25, -0.2) is 8.42 Å². The van der Waals surface area contributed by atoms with Gasteiger partial charge in [-0.1, -0.05) is 43.2 Å². The molecule has 0 fully saturated rings. The first-order chi connectivity index (χ1) is 9.85. The standard InChI is InChI=1S/C15H22N2O3S/c1-3-4-10-17(12-15(16)18)21(19,20)11-9-14-7-5-13(2)6-8-14/h5-9,11H,3-4,10,12H2,1-2H3,(H2,16,18)/b11-9-. The van der Waals surface area contributed by atoms with Crippen molar-refractivity contribution in [2.24, 2.45) is 5.73 Å². The van der Waals surface area contributed by atoms with E-state index >= 15 is 0 Å². The SMILES string of the molecule is CCCCN(CC(N)=O)S(=O)(=O)/C=C\c1ccc(C)cc1. The lowest BCUT2D eigenvalue weighted by atomic mass is 10.2. The molecule has 1 aromatic rings. The Kier molecular flexibility index (Phi) is 6.58. The Morgan fingerprint density at radius 2 is 1.90 bits per heavy atom. The number of primary amides is 1. The van der Waals surface area contributed by atoms with E-state index in [1.54, 1.807) is 0 Å². The number of carbonyl (C=O) groups excluding carboxylic acids is 1. The van der Waals surface area contributed by atoms with Gasteiger partial charge in [-0.15, -0.1) is 0 Å². The third-order valence-electron chi connectivity index (χ3n) is 2.96. The zero-order valence-corrected chi connectivity index (χ0v) is 13.3. The minimum atomic E-state index is -3.65. The Morgan fingerprint density at radius 1 is 1.29 bits per heavy atom. The molecule has 1 aromatic carbocycles. The number of sulfonamides is 1. The van der Waals surface area contributed by atoms with Crippen LogP contribution in [-0.4, -0.2) is 31.7 Å². The van der Waals surface area contributed by atoms with Crippen molar-refractivity contribution < 1.29 is 13.2 Å².